The SMILES string of the molecule is COC(=O)c1cc(=O)[nH]n1-c1ccccc1.COC(=O)c1cc(OCc2ccccc2)nn1-c1ccccc1.NNc1ccccc1.O=C(NO)c1cc(OCc2ccccc2)nn1-c1ccccc1. The van der Waals surface area contributed by atoms with Gasteiger partial charge >= 0.3 is 11.9 Å². The van der Waals surface area contributed by atoms with Gasteiger partial charge in [0.05, 0.1) is 31.3 Å². The predicted octanol–water partition coefficient (Wildman–Crippen LogP) is 7.73. The maximum atomic E-state index is 12.0. The van der Waals surface area contributed by atoms with Gasteiger partial charge in [0.2, 0.25) is 11.8 Å². The molecule has 3 heterocycles. The van der Waals surface area contributed by atoms with E-state index in [-0.39, 0.29) is 16.9 Å². The van der Waals surface area contributed by atoms with Crippen LogP contribution in [-0.4, -0.2) is 66.6 Å². The van der Waals surface area contributed by atoms with E-state index in [0.29, 0.717) is 42.0 Å². The van der Waals surface area contributed by atoms with E-state index < -0.39 is 17.8 Å². The first kappa shape index (κ1) is 49.9. The van der Waals surface area contributed by atoms with Crippen molar-refractivity contribution in [2.24, 2.45) is 5.84 Å². The van der Waals surface area contributed by atoms with Gasteiger partial charge < -0.3 is 24.4 Å². The molecule has 0 saturated heterocycles. The number of para-hydroxylation sites is 4. The first-order chi connectivity index (χ1) is 34.2. The zero-order valence-corrected chi connectivity index (χ0v) is 38.0. The van der Waals surface area contributed by atoms with Crippen LogP contribution in [0.2, 0.25) is 0 Å². The average Bonchev–Trinajstić information content (AvgIpc) is 4.18. The van der Waals surface area contributed by atoms with Crippen LogP contribution in [0, 0.1) is 0 Å². The number of hydrogen-bond acceptors (Lipinski definition) is 13. The molecule has 0 atom stereocenters. The molecule has 0 aliphatic heterocycles. The Morgan fingerprint density at radius 3 is 1.34 bits per heavy atom. The Kier molecular flexibility index (Phi) is 18.5. The number of nitrogens with two attached hydrogens (primary N) is 1. The summed E-state index contributed by atoms with van der Waals surface area (Å²) in [6.07, 6.45) is 0. The number of anilines is 1. The van der Waals surface area contributed by atoms with Crippen molar-refractivity contribution in [2.75, 3.05) is 19.6 Å². The van der Waals surface area contributed by atoms with Crippen molar-refractivity contribution in [3.8, 4) is 28.8 Å². The molecule has 3 aromatic heterocycles. The summed E-state index contributed by atoms with van der Waals surface area (Å²) in [4.78, 5) is 46.4. The van der Waals surface area contributed by atoms with Crippen molar-refractivity contribution in [1.29, 1.82) is 0 Å². The number of benzene rings is 6. The second-order valence-corrected chi connectivity index (χ2v) is 14.4. The third-order valence-corrected chi connectivity index (χ3v) is 9.64. The third-order valence-electron chi connectivity index (χ3n) is 9.64. The molecule has 6 N–H and O–H groups in total. The van der Waals surface area contributed by atoms with Crippen LogP contribution in [0.5, 0.6) is 11.8 Å². The van der Waals surface area contributed by atoms with Crippen molar-refractivity contribution in [3.63, 3.8) is 0 Å². The summed E-state index contributed by atoms with van der Waals surface area (Å²) in [7, 11) is 2.62. The quantitative estimate of drug-likeness (QED) is 0.0323. The molecule has 0 bridgehead atoms. The number of H-pyrrole nitrogens is 1. The maximum Gasteiger partial charge on any atom is 0.356 e. The number of rotatable bonds is 13. The van der Waals surface area contributed by atoms with E-state index in [1.807, 2.05) is 170 Å². The molecule has 0 spiro atoms. The Labute approximate surface area is 402 Å². The Balaban J connectivity index is 0.000000162. The summed E-state index contributed by atoms with van der Waals surface area (Å²) in [5.41, 5.74) is 9.61. The number of carbonyl (C=O) groups excluding carboxylic acids is 3. The van der Waals surface area contributed by atoms with Crippen LogP contribution in [0.25, 0.3) is 17.1 Å². The predicted molar refractivity (Wildman–Crippen MR) is 261 cm³/mol. The number of amides is 1. The zero-order valence-electron chi connectivity index (χ0n) is 38.0. The standard InChI is InChI=1S/C18H16N2O3.C17H15N3O3.C11H10N2O3.C6H8N2/c1-22-18(21)16-12-17(23-13-14-8-4-2-5-9-14)19-20(16)15-10-6-3-7-11-15;21-17(19-22)15-11-16(23-12-13-7-3-1-4-8-13)18-20(15)14-9-5-2-6-10-14;1-16-11(15)9-7-10(14)12-13(9)8-5-3-2-4-6-8;7-8-6-4-2-1-3-5-6/h2-12H,13H2,1H3;1-11,22H,12H2,(H,19,21);2-7H,1H3,(H,12,14);1-5,8H,7H2. The van der Waals surface area contributed by atoms with Crippen molar-refractivity contribution >= 4 is 23.5 Å². The molecule has 356 valence electrons. The molecule has 0 aliphatic carbocycles. The second-order valence-electron chi connectivity index (χ2n) is 14.4. The molecule has 0 radical (unpaired) electrons. The molecule has 9 aromatic rings. The Morgan fingerprint density at radius 1 is 0.543 bits per heavy atom. The Bertz CT molecular complexity index is 2920. The lowest BCUT2D eigenvalue weighted by atomic mass is 10.2. The van der Waals surface area contributed by atoms with E-state index in [0.717, 1.165) is 22.5 Å². The monoisotopic (exact) mass is 943 g/mol. The van der Waals surface area contributed by atoms with Crippen LogP contribution in [0.4, 0.5) is 5.69 Å². The number of nitrogens with zero attached hydrogens (tertiary/aromatic N) is 5. The smallest absolute Gasteiger partial charge is 0.356 e. The number of nitrogens with one attached hydrogen (secondary N) is 3. The number of esters is 2. The number of hydrogen-bond donors (Lipinski definition) is 5. The summed E-state index contributed by atoms with van der Waals surface area (Å²) in [5.74, 6) is 4.10. The number of aromatic nitrogens is 6. The van der Waals surface area contributed by atoms with Crippen molar-refractivity contribution in [1.82, 2.24) is 34.8 Å². The molecule has 9 rings (SSSR count). The van der Waals surface area contributed by atoms with Gasteiger partial charge in [-0.2, -0.15) is 0 Å². The molecule has 18 heteroatoms. The number of aromatic amines is 1. The Morgan fingerprint density at radius 2 is 0.929 bits per heavy atom. The van der Waals surface area contributed by atoms with E-state index in [2.05, 4.69) is 25.5 Å². The molecule has 1 amide bonds. The molecule has 0 fully saturated rings. The normalized spacial score (nSPS) is 10.1. The topological polar surface area (TPSA) is 232 Å². The number of hydrazine groups is 1. The lowest BCUT2D eigenvalue weighted by Gasteiger charge is -2.05. The van der Waals surface area contributed by atoms with Gasteiger partial charge in [-0.25, -0.2) is 29.1 Å². The number of nitrogen functional groups attached to an aromatic ring is 1. The summed E-state index contributed by atoms with van der Waals surface area (Å²) in [6, 6.07) is 60.9. The zero-order chi connectivity index (χ0) is 49.5. The van der Waals surface area contributed by atoms with E-state index in [1.54, 1.807) is 23.7 Å². The van der Waals surface area contributed by atoms with Crippen LogP contribution in [-0.2, 0) is 22.7 Å². The number of carbonyl (C=O) groups is 3. The fraction of sp³-hybridized carbons (Fsp3) is 0.0769. The van der Waals surface area contributed by atoms with Gasteiger partial charge in [0, 0.05) is 23.9 Å². The molecule has 0 saturated carbocycles. The van der Waals surface area contributed by atoms with Gasteiger partial charge in [-0.05, 0) is 59.7 Å². The highest BCUT2D eigenvalue weighted by Gasteiger charge is 2.19. The van der Waals surface area contributed by atoms with E-state index in [4.69, 9.17) is 25.3 Å². The minimum Gasteiger partial charge on any atom is -0.472 e. The fourth-order valence-electron chi connectivity index (χ4n) is 6.29. The molecular formula is C52H49N9O9. The molecule has 0 unspecified atom stereocenters. The molecule has 18 nitrogen and oxygen atoms in total. The minimum absolute atomic E-state index is 0.179. The van der Waals surface area contributed by atoms with E-state index >= 15 is 0 Å². The maximum absolute atomic E-state index is 12.0. The van der Waals surface area contributed by atoms with Crippen LogP contribution in [0.1, 0.15) is 42.6 Å². The van der Waals surface area contributed by atoms with Crippen molar-refractivity contribution in [3.05, 3.63) is 239 Å². The van der Waals surface area contributed by atoms with E-state index in [9.17, 15) is 19.2 Å². The number of hydroxylamine groups is 1. The molecule has 0 aliphatic rings. The highest BCUT2D eigenvalue weighted by molar-refractivity contribution is 5.92. The average molecular weight is 944 g/mol. The number of ether oxygens (including phenoxy) is 4. The van der Waals surface area contributed by atoms with Gasteiger partial charge in [0.1, 0.15) is 18.9 Å². The molecule has 6 aromatic carbocycles. The summed E-state index contributed by atoms with van der Waals surface area (Å²) < 4.78 is 25.1. The van der Waals surface area contributed by atoms with Gasteiger partial charge in [-0.1, -0.05) is 133 Å². The lowest BCUT2D eigenvalue weighted by molar-refractivity contribution is 0.0581. The van der Waals surface area contributed by atoms with Gasteiger partial charge in [0.25, 0.3) is 11.5 Å². The van der Waals surface area contributed by atoms with E-state index in [1.165, 1.54) is 40.4 Å². The Hall–Kier alpha value is -9.52. The minimum atomic E-state index is -0.657. The van der Waals surface area contributed by atoms with Crippen LogP contribution in [0.15, 0.2) is 205 Å². The van der Waals surface area contributed by atoms with Crippen LogP contribution in [0.3, 0.4) is 0 Å². The van der Waals surface area contributed by atoms with Gasteiger partial charge in [-0.3, -0.25) is 25.7 Å². The highest BCUT2D eigenvalue weighted by atomic mass is 16.5. The van der Waals surface area contributed by atoms with Crippen LogP contribution < -0.4 is 31.8 Å². The largest absolute Gasteiger partial charge is 0.472 e. The first-order valence-electron chi connectivity index (χ1n) is 21.4. The highest BCUT2D eigenvalue weighted by Crippen LogP contribution is 2.21. The summed E-state index contributed by atoms with van der Waals surface area (Å²) in [5, 5.41) is 20.1. The summed E-state index contributed by atoms with van der Waals surface area (Å²) >= 11 is 0. The van der Waals surface area contributed by atoms with Crippen LogP contribution >= 0.6 is 0 Å². The fourth-order valence-corrected chi connectivity index (χ4v) is 6.29. The molecular weight excluding hydrogens is 895 g/mol. The van der Waals surface area contributed by atoms with Crippen molar-refractivity contribution in [2.45, 2.75) is 13.2 Å². The first-order valence-corrected chi connectivity index (χ1v) is 21.4. The summed E-state index contributed by atoms with van der Waals surface area (Å²) in [6.45, 7) is 0.722. The lowest BCUT2D eigenvalue weighted by Crippen LogP contribution is -2.22. The van der Waals surface area contributed by atoms with Gasteiger partial charge in [0.15, 0.2) is 11.4 Å². The second kappa shape index (κ2) is 26.0. The number of methoxy groups -OCH3 is 2. The molecule has 70 heavy (non-hydrogen) atoms. The van der Waals surface area contributed by atoms with Gasteiger partial charge in [-0.15, -0.1) is 10.2 Å². The third kappa shape index (κ3) is 14.2. The van der Waals surface area contributed by atoms with Crippen molar-refractivity contribution < 1.29 is 38.5 Å².